The largest absolute Gasteiger partial charge is 0.394 e. The van der Waals surface area contributed by atoms with Crippen molar-refractivity contribution in [1.29, 1.82) is 0 Å². The van der Waals surface area contributed by atoms with Crippen molar-refractivity contribution < 1.29 is 18.3 Å². The lowest BCUT2D eigenvalue weighted by Crippen LogP contribution is -2.76. The molecule has 0 unspecified atom stereocenters. The minimum atomic E-state index is -3.56. The molecule has 15 heavy (non-hydrogen) atoms. The summed E-state index contributed by atoms with van der Waals surface area (Å²) in [7, 11) is -3.56. The van der Waals surface area contributed by atoms with Gasteiger partial charge in [0.2, 0.25) is 0 Å². The highest BCUT2D eigenvalue weighted by molar-refractivity contribution is 7.94. The maximum atomic E-state index is 11.9. The Hall–Kier alpha value is -0.620. The van der Waals surface area contributed by atoms with Crippen LogP contribution in [0.3, 0.4) is 0 Å². The highest BCUT2D eigenvalue weighted by Crippen LogP contribution is 2.48. The van der Waals surface area contributed by atoms with Crippen molar-refractivity contribution in [2.45, 2.75) is 43.4 Å². The van der Waals surface area contributed by atoms with E-state index in [9.17, 15) is 18.3 Å². The highest BCUT2D eigenvalue weighted by atomic mass is 32.2. The van der Waals surface area contributed by atoms with Crippen molar-refractivity contribution in [3.05, 3.63) is 0 Å². The van der Waals surface area contributed by atoms with Gasteiger partial charge >= 0.3 is 0 Å². The average Bonchev–Trinajstić information content (AvgIpc) is 2.09. The molecule has 0 aromatic carbocycles. The molecule has 86 valence electrons. The second-order valence-corrected chi connectivity index (χ2v) is 7.16. The summed E-state index contributed by atoms with van der Waals surface area (Å²) in [4.78, 5) is 11.7. The molecule has 0 aromatic rings. The Bertz CT molecular complexity index is 402. The van der Waals surface area contributed by atoms with Crippen LogP contribution >= 0.6 is 0 Å². The molecule has 0 aromatic heterocycles. The van der Waals surface area contributed by atoms with Gasteiger partial charge in [-0.2, -0.15) is 0 Å². The Balaban J connectivity index is 2.38. The number of carbonyl (C=O) groups excluding carboxylic acids is 1. The van der Waals surface area contributed by atoms with Gasteiger partial charge in [0.15, 0.2) is 4.75 Å². The van der Waals surface area contributed by atoms with Crippen molar-refractivity contribution in [2.24, 2.45) is 0 Å². The minimum Gasteiger partial charge on any atom is -0.394 e. The number of rotatable bonds is 2. The average molecular weight is 233 g/mol. The third-order valence-electron chi connectivity index (χ3n) is 3.59. The zero-order valence-electron chi connectivity index (χ0n) is 8.86. The molecule has 1 amide bonds. The molecule has 1 saturated heterocycles. The number of amides is 1. The van der Waals surface area contributed by atoms with Gasteiger partial charge in [-0.3, -0.25) is 4.79 Å². The van der Waals surface area contributed by atoms with Crippen LogP contribution < -0.4 is 0 Å². The third-order valence-corrected chi connectivity index (χ3v) is 6.09. The summed E-state index contributed by atoms with van der Waals surface area (Å²) in [6.07, 6.45) is 2.01. The van der Waals surface area contributed by atoms with Crippen molar-refractivity contribution in [3.63, 3.8) is 0 Å². The van der Waals surface area contributed by atoms with Crippen LogP contribution in [0.25, 0.3) is 0 Å². The molecule has 1 saturated carbocycles. The lowest BCUT2D eigenvalue weighted by atomic mass is 9.77. The van der Waals surface area contributed by atoms with Gasteiger partial charge < -0.3 is 5.11 Å². The van der Waals surface area contributed by atoms with E-state index in [2.05, 4.69) is 0 Å². The molecule has 1 aliphatic carbocycles. The SMILES string of the molecule is CC1(C)C(=O)N(C2(CO)CCC2)S1(=O)=O. The molecular formula is C9H15NO4S. The van der Waals surface area contributed by atoms with Gasteiger partial charge in [-0.25, -0.2) is 12.7 Å². The Kier molecular flexibility index (Phi) is 1.98. The van der Waals surface area contributed by atoms with E-state index in [0.29, 0.717) is 12.8 Å². The molecule has 6 heteroatoms. The smallest absolute Gasteiger partial charge is 0.259 e. The lowest BCUT2D eigenvalue weighted by molar-refractivity contribution is -0.142. The van der Waals surface area contributed by atoms with Crippen LogP contribution in [0.4, 0.5) is 0 Å². The van der Waals surface area contributed by atoms with Crippen LogP contribution in [0.15, 0.2) is 0 Å². The molecule has 0 spiro atoms. The van der Waals surface area contributed by atoms with Crippen molar-refractivity contribution in [3.8, 4) is 0 Å². The van der Waals surface area contributed by atoms with Crippen LogP contribution in [0.2, 0.25) is 0 Å². The van der Waals surface area contributed by atoms with Crippen molar-refractivity contribution in [2.75, 3.05) is 6.61 Å². The van der Waals surface area contributed by atoms with Crippen LogP contribution in [0.5, 0.6) is 0 Å². The van der Waals surface area contributed by atoms with E-state index in [1.807, 2.05) is 0 Å². The fraction of sp³-hybridized carbons (Fsp3) is 0.889. The number of nitrogens with zero attached hydrogens (tertiary/aromatic N) is 1. The number of hydrogen-bond acceptors (Lipinski definition) is 4. The molecule has 5 nitrogen and oxygen atoms in total. The van der Waals surface area contributed by atoms with Gasteiger partial charge in [0.1, 0.15) is 0 Å². The first-order valence-corrected chi connectivity index (χ1v) is 6.44. The summed E-state index contributed by atoms with van der Waals surface area (Å²) >= 11 is 0. The van der Waals surface area contributed by atoms with Gasteiger partial charge in [-0.05, 0) is 33.1 Å². The minimum absolute atomic E-state index is 0.270. The van der Waals surface area contributed by atoms with E-state index in [-0.39, 0.29) is 6.61 Å². The number of carbonyl (C=O) groups is 1. The summed E-state index contributed by atoms with van der Waals surface area (Å²) in [6.45, 7) is 2.55. The normalized spacial score (nSPS) is 30.6. The van der Waals surface area contributed by atoms with Crippen LogP contribution in [-0.2, 0) is 14.8 Å². The van der Waals surface area contributed by atoms with E-state index < -0.39 is 26.2 Å². The highest BCUT2D eigenvalue weighted by Gasteiger charge is 2.67. The first kappa shape index (κ1) is 10.9. The summed E-state index contributed by atoms with van der Waals surface area (Å²) in [6, 6.07) is 0. The molecule has 2 aliphatic rings. The molecule has 0 radical (unpaired) electrons. The molecular weight excluding hydrogens is 218 g/mol. The first-order valence-electron chi connectivity index (χ1n) is 5.00. The van der Waals surface area contributed by atoms with Gasteiger partial charge in [-0.1, -0.05) is 0 Å². The van der Waals surface area contributed by atoms with Crippen LogP contribution in [-0.4, -0.2) is 40.6 Å². The number of sulfonamides is 1. The zero-order valence-corrected chi connectivity index (χ0v) is 9.67. The molecule has 0 atom stereocenters. The fourth-order valence-corrected chi connectivity index (χ4v) is 3.97. The molecule has 1 aliphatic heterocycles. The summed E-state index contributed by atoms with van der Waals surface area (Å²) in [5.74, 6) is -0.392. The Morgan fingerprint density at radius 2 is 1.93 bits per heavy atom. The summed E-state index contributed by atoms with van der Waals surface area (Å²) in [5, 5.41) is 9.23. The lowest BCUT2D eigenvalue weighted by Gasteiger charge is -2.56. The Morgan fingerprint density at radius 3 is 2.20 bits per heavy atom. The van der Waals surface area contributed by atoms with Crippen LogP contribution in [0.1, 0.15) is 33.1 Å². The quantitative estimate of drug-likeness (QED) is 0.720. The second-order valence-electron chi connectivity index (χ2n) is 4.82. The predicted molar refractivity (Wildman–Crippen MR) is 53.5 cm³/mol. The molecule has 1 N–H and O–H groups in total. The predicted octanol–water partition coefficient (Wildman–Crippen LogP) is -0.148. The zero-order chi connectivity index (χ0) is 11.5. The monoisotopic (exact) mass is 233 g/mol. The number of hydrogen-bond donors (Lipinski definition) is 1. The van der Waals surface area contributed by atoms with Crippen molar-refractivity contribution in [1.82, 2.24) is 4.31 Å². The second kappa shape index (κ2) is 2.74. The van der Waals surface area contributed by atoms with Gasteiger partial charge in [0, 0.05) is 0 Å². The summed E-state index contributed by atoms with van der Waals surface area (Å²) < 4.78 is 23.3. The molecule has 2 rings (SSSR count). The van der Waals surface area contributed by atoms with E-state index in [0.717, 1.165) is 10.7 Å². The number of aliphatic hydroxyl groups excluding tert-OH is 1. The van der Waals surface area contributed by atoms with E-state index in [1.165, 1.54) is 13.8 Å². The fourth-order valence-electron chi connectivity index (χ4n) is 2.13. The topological polar surface area (TPSA) is 74.7 Å². The van der Waals surface area contributed by atoms with Crippen molar-refractivity contribution >= 4 is 15.9 Å². The van der Waals surface area contributed by atoms with E-state index in [4.69, 9.17) is 0 Å². The number of aliphatic hydroxyl groups is 1. The van der Waals surface area contributed by atoms with Gasteiger partial charge in [0.05, 0.1) is 12.1 Å². The van der Waals surface area contributed by atoms with Crippen LogP contribution in [0, 0.1) is 0 Å². The maximum absolute atomic E-state index is 11.9. The summed E-state index contributed by atoms with van der Waals surface area (Å²) in [5.41, 5.74) is -0.828. The molecule has 0 bridgehead atoms. The third kappa shape index (κ3) is 1.01. The Morgan fingerprint density at radius 1 is 1.40 bits per heavy atom. The van der Waals surface area contributed by atoms with E-state index >= 15 is 0 Å². The van der Waals surface area contributed by atoms with Gasteiger partial charge in [-0.15, -0.1) is 0 Å². The maximum Gasteiger partial charge on any atom is 0.259 e. The molecule has 2 fully saturated rings. The standard InChI is InChI=1S/C9H15NO4S/c1-8(2)7(12)10(15(8,13)14)9(6-11)4-3-5-9/h11H,3-6H2,1-2H3. The Labute approximate surface area is 89.1 Å². The molecule has 1 heterocycles. The van der Waals surface area contributed by atoms with Gasteiger partial charge in [0.25, 0.3) is 15.9 Å². The first-order chi connectivity index (χ1) is 6.79. The van der Waals surface area contributed by atoms with E-state index in [1.54, 1.807) is 0 Å².